The molecule has 3 heterocycles. The van der Waals surface area contributed by atoms with Crippen molar-refractivity contribution >= 4 is 23.2 Å². The van der Waals surface area contributed by atoms with E-state index in [9.17, 15) is 20.1 Å². The summed E-state index contributed by atoms with van der Waals surface area (Å²) in [5, 5.41) is 31.0. The van der Waals surface area contributed by atoms with Crippen LogP contribution in [0.2, 0.25) is 0 Å². The largest absolute Gasteiger partial charge is 0.394 e. The normalized spacial score (nSPS) is 31.3. The fourth-order valence-corrected chi connectivity index (χ4v) is 3.14. The lowest BCUT2D eigenvalue weighted by molar-refractivity contribution is -0.122. The second kappa shape index (κ2) is 5.95. The maximum atomic E-state index is 12.1. The van der Waals surface area contributed by atoms with Crippen LogP contribution in [0.1, 0.15) is 12.8 Å². The quantitative estimate of drug-likeness (QED) is 0.393. The number of hydrogen-bond donors (Lipinski definition) is 5. The molecule has 4 atom stereocenters. The molecule has 1 aromatic rings. The van der Waals surface area contributed by atoms with Crippen molar-refractivity contribution < 1.29 is 24.9 Å². The van der Waals surface area contributed by atoms with Gasteiger partial charge in [0.15, 0.2) is 17.9 Å². The Morgan fingerprint density at radius 3 is 2.76 bits per heavy atom. The molecule has 11 nitrogen and oxygen atoms in total. The van der Waals surface area contributed by atoms with Gasteiger partial charge < -0.3 is 30.7 Å². The summed E-state index contributed by atoms with van der Waals surface area (Å²) in [5.74, 6) is 0.434. The number of aromatic nitrogens is 2. The van der Waals surface area contributed by atoms with E-state index < -0.39 is 31.1 Å². The van der Waals surface area contributed by atoms with Gasteiger partial charge in [0.1, 0.15) is 37.0 Å². The van der Waals surface area contributed by atoms with Crippen LogP contribution in [0.3, 0.4) is 0 Å². The van der Waals surface area contributed by atoms with Crippen LogP contribution in [0.25, 0.3) is 0 Å². The van der Waals surface area contributed by atoms with Gasteiger partial charge in [-0.15, -0.1) is 0 Å². The molecule has 1 aliphatic carbocycles. The number of anilines is 3. The fourth-order valence-electron chi connectivity index (χ4n) is 3.14. The average Bonchev–Trinajstić information content (AvgIpc) is 3.33. The Kier molecular flexibility index (Phi) is 3.87. The molecule has 0 spiro atoms. The molecule has 25 heavy (non-hydrogen) atoms. The topological polar surface area (TPSA) is 157 Å². The number of ether oxygens (including phenoxy) is 1. The van der Waals surface area contributed by atoms with E-state index in [4.69, 9.17) is 10.5 Å². The summed E-state index contributed by atoms with van der Waals surface area (Å²) in [6.45, 7) is -0.313. The first-order valence-corrected chi connectivity index (χ1v) is 8.09. The maximum absolute atomic E-state index is 12.1. The summed E-state index contributed by atoms with van der Waals surface area (Å²) < 4.78 is 5.56. The number of rotatable bonds is 4. The summed E-state index contributed by atoms with van der Waals surface area (Å²) in [7, 11) is 0. The van der Waals surface area contributed by atoms with Gasteiger partial charge in [-0.1, -0.05) is 0 Å². The van der Waals surface area contributed by atoms with Crippen LogP contribution in [0.5, 0.6) is 0 Å². The van der Waals surface area contributed by atoms with Crippen LogP contribution >= 0.6 is 0 Å². The molecule has 0 aromatic carbocycles. The Morgan fingerprint density at radius 2 is 2.12 bits per heavy atom. The summed E-state index contributed by atoms with van der Waals surface area (Å²) in [6.07, 6.45) is -1.35. The highest BCUT2D eigenvalue weighted by Crippen LogP contribution is 2.40. The Labute approximate surface area is 143 Å². The molecule has 1 saturated heterocycles. The monoisotopic (exact) mass is 352 g/mol. The van der Waals surface area contributed by atoms with E-state index in [0.717, 1.165) is 12.8 Å². The van der Waals surface area contributed by atoms with Crippen LogP contribution in [0.15, 0.2) is 6.33 Å². The van der Waals surface area contributed by atoms with E-state index in [1.54, 1.807) is 4.90 Å². The minimum atomic E-state index is -1.25. The number of carbonyl (C=O) groups is 1. The predicted molar refractivity (Wildman–Crippen MR) is 84.9 cm³/mol. The molecule has 11 heteroatoms. The highest BCUT2D eigenvalue weighted by molar-refractivity contribution is 5.87. The zero-order valence-electron chi connectivity index (χ0n) is 13.3. The molecule has 1 saturated carbocycles. The maximum Gasteiger partial charge on any atom is 0.241 e. The minimum absolute atomic E-state index is 0.00253. The number of hydrazine groups is 1. The third kappa shape index (κ3) is 2.65. The first-order chi connectivity index (χ1) is 12.0. The fraction of sp³-hybridized carbons (Fsp3) is 0.643. The molecule has 2 fully saturated rings. The lowest BCUT2D eigenvalue weighted by Gasteiger charge is -2.28. The number of aliphatic hydroxyl groups excluding tert-OH is 3. The first kappa shape index (κ1) is 16.3. The molecular formula is C14H20N6O5. The first-order valence-electron chi connectivity index (χ1n) is 8.09. The van der Waals surface area contributed by atoms with Crippen LogP contribution in [-0.2, 0) is 9.53 Å². The Bertz CT molecular complexity index is 686. The lowest BCUT2D eigenvalue weighted by Crippen LogP contribution is -2.50. The lowest BCUT2D eigenvalue weighted by atomic mass is 10.1. The molecule has 1 amide bonds. The molecule has 136 valence electrons. The molecule has 6 N–H and O–H groups in total. The number of nitrogen functional groups attached to an aromatic ring is 1. The minimum Gasteiger partial charge on any atom is -0.394 e. The van der Waals surface area contributed by atoms with Gasteiger partial charge >= 0.3 is 0 Å². The van der Waals surface area contributed by atoms with Crippen LogP contribution < -0.4 is 21.1 Å². The van der Waals surface area contributed by atoms with E-state index in [1.807, 2.05) is 0 Å². The molecule has 2 unspecified atom stereocenters. The molecule has 0 bridgehead atoms. The van der Waals surface area contributed by atoms with Gasteiger partial charge in [0, 0.05) is 5.92 Å². The van der Waals surface area contributed by atoms with Crippen molar-refractivity contribution in [3.8, 4) is 0 Å². The standard InChI is InChI=1S/C14H20N6O5/c15-11-8-12(17-4-16-11)19(5-20(8)18-13(24)6-1-2-6)14-10(23)9(22)7(3-21)25-14/h4,6-7,9-10,14,21-23H,1-3,5H2,(H,18,24)(H2,15,16,17)/t7-,9?,10?,14-/m1/s1. The van der Waals surface area contributed by atoms with Gasteiger partial charge in [0.2, 0.25) is 5.91 Å². The van der Waals surface area contributed by atoms with E-state index in [2.05, 4.69) is 15.4 Å². The van der Waals surface area contributed by atoms with Gasteiger partial charge in [-0.2, -0.15) is 0 Å². The summed E-state index contributed by atoms with van der Waals surface area (Å²) in [4.78, 5) is 21.8. The van der Waals surface area contributed by atoms with Crippen LogP contribution in [-0.4, -0.2) is 69.0 Å². The number of carbonyl (C=O) groups excluding carboxylic acids is 1. The van der Waals surface area contributed by atoms with Gasteiger partial charge in [0.05, 0.1) is 6.61 Å². The van der Waals surface area contributed by atoms with Crippen molar-refractivity contribution in [1.82, 2.24) is 15.4 Å². The number of fused-ring (bicyclic) bond motifs is 1. The molecule has 0 radical (unpaired) electrons. The van der Waals surface area contributed by atoms with E-state index in [-0.39, 0.29) is 24.3 Å². The number of nitrogens with zero attached hydrogens (tertiary/aromatic N) is 4. The average molecular weight is 352 g/mol. The van der Waals surface area contributed by atoms with E-state index >= 15 is 0 Å². The van der Waals surface area contributed by atoms with Crippen molar-refractivity contribution in [2.45, 2.75) is 37.4 Å². The van der Waals surface area contributed by atoms with Crippen molar-refractivity contribution in [1.29, 1.82) is 0 Å². The summed E-state index contributed by atoms with van der Waals surface area (Å²) in [5.41, 5.74) is 9.14. The zero-order valence-corrected chi connectivity index (χ0v) is 13.3. The third-order valence-electron chi connectivity index (χ3n) is 4.68. The van der Waals surface area contributed by atoms with Crippen molar-refractivity contribution in [2.75, 3.05) is 28.9 Å². The van der Waals surface area contributed by atoms with Crippen molar-refractivity contribution in [2.24, 2.45) is 5.92 Å². The number of nitrogens with one attached hydrogen (secondary N) is 1. The number of nitrogens with two attached hydrogens (primary N) is 1. The Balaban J connectivity index is 1.62. The molecule has 1 aromatic heterocycles. The smallest absolute Gasteiger partial charge is 0.241 e. The summed E-state index contributed by atoms with van der Waals surface area (Å²) >= 11 is 0. The highest BCUT2D eigenvalue weighted by atomic mass is 16.6. The van der Waals surface area contributed by atoms with Gasteiger partial charge in [-0.05, 0) is 12.8 Å². The zero-order chi connectivity index (χ0) is 17.7. The predicted octanol–water partition coefficient (Wildman–Crippen LogP) is -2.48. The second-order valence-electron chi connectivity index (χ2n) is 6.45. The van der Waals surface area contributed by atoms with Gasteiger partial charge in [-0.25, -0.2) is 9.97 Å². The van der Waals surface area contributed by atoms with Crippen molar-refractivity contribution in [3.05, 3.63) is 6.33 Å². The Hall–Kier alpha value is -2.21. The van der Waals surface area contributed by atoms with Crippen molar-refractivity contribution in [3.63, 3.8) is 0 Å². The molecular weight excluding hydrogens is 332 g/mol. The summed E-state index contributed by atoms with van der Waals surface area (Å²) in [6, 6.07) is 0. The molecule has 3 aliphatic rings. The highest BCUT2D eigenvalue weighted by Gasteiger charge is 2.49. The molecule has 2 aliphatic heterocycles. The molecule has 4 rings (SSSR count). The number of amides is 1. The second-order valence-corrected chi connectivity index (χ2v) is 6.45. The number of aliphatic hydroxyl groups is 3. The third-order valence-corrected chi connectivity index (χ3v) is 4.68. The SMILES string of the molecule is Nc1ncnc2c1N(NC(=O)C1CC1)CN2[C@@H]1O[C@H](CO)C(O)C1O. The Morgan fingerprint density at radius 1 is 1.36 bits per heavy atom. The van der Waals surface area contributed by atoms with Crippen LogP contribution in [0, 0.1) is 5.92 Å². The van der Waals surface area contributed by atoms with E-state index in [1.165, 1.54) is 11.3 Å². The van der Waals surface area contributed by atoms with Gasteiger partial charge in [0.25, 0.3) is 0 Å². The number of hydrogen-bond acceptors (Lipinski definition) is 10. The van der Waals surface area contributed by atoms with E-state index in [0.29, 0.717) is 11.5 Å². The van der Waals surface area contributed by atoms with Crippen LogP contribution in [0.4, 0.5) is 17.3 Å². The van der Waals surface area contributed by atoms with Gasteiger partial charge in [-0.3, -0.25) is 15.2 Å².